The Labute approximate surface area is 226 Å². The monoisotopic (exact) mass is 527 g/mol. The van der Waals surface area contributed by atoms with Crippen LogP contribution in [0, 0.1) is 11.8 Å². The highest BCUT2D eigenvalue weighted by Crippen LogP contribution is 2.18. The molecule has 0 fully saturated rings. The molecule has 2 heterocycles. The van der Waals surface area contributed by atoms with E-state index in [2.05, 4.69) is 15.3 Å². The molecule has 0 aromatic carbocycles. The molecule has 0 saturated carbocycles. The topological polar surface area (TPSA) is 125 Å². The van der Waals surface area contributed by atoms with Crippen LogP contribution in [0.2, 0.25) is 0 Å². The van der Waals surface area contributed by atoms with Crippen molar-refractivity contribution in [3.05, 3.63) is 48.0 Å². The van der Waals surface area contributed by atoms with Crippen molar-refractivity contribution in [3.63, 3.8) is 0 Å². The van der Waals surface area contributed by atoms with Crippen LogP contribution in [-0.4, -0.2) is 65.7 Å². The van der Waals surface area contributed by atoms with Gasteiger partial charge in [0.2, 0.25) is 0 Å². The van der Waals surface area contributed by atoms with E-state index in [9.17, 15) is 19.2 Å². The summed E-state index contributed by atoms with van der Waals surface area (Å²) in [5, 5.41) is 2.87. The molecule has 0 aliphatic rings. The van der Waals surface area contributed by atoms with Crippen LogP contribution in [0.4, 0.5) is 0 Å². The maximum absolute atomic E-state index is 12.9. The van der Waals surface area contributed by atoms with Gasteiger partial charge in [-0.05, 0) is 12.1 Å². The summed E-state index contributed by atoms with van der Waals surface area (Å²) in [5.41, 5.74) is 2.17. The highest BCUT2D eigenvalue weighted by Gasteiger charge is 2.17. The summed E-state index contributed by atoms with van der Waals surface area (Å²) in [6.45, 7) is 9.96. The van der Waals surface area contributed by atoms with Gasteiger partial charge < -0.3 is 14.8 Å². The van der Waals surface area contributed by atoms with Crippen LogP contribution in [0.5, 0.6) is 0 Å². The first-order chi connectivity index (χ1) is 18.1. The molecule has 1 amide bonds. The molecule has 0 aliphatic heterocycles. The fourth-order valence-electron chi connectivity index (χ4n) is 3.37. The number of Topliss-reactive ketones (excluding diaryl/α,β-unsaturated/α-hetero) is 3. The molecule has 9 heteroatoms. The Kier molecular flexibility index (Phi) is 12.9. The number of hydrogen-bond donors (Lipinski definition) is 1. The molecule has 9 nitrogen and oxygen atoms in total. The third-order valence-electron chi connectivity index (χ3n) is 5.95. The van der Waals surface area contributed by atoms with Gasteiger partial charge in [-0.3, -0.25) is 29.1 Å². The molecule has 2 rings (SSSR count). The van der Waals surface area contributed by atoms with E-state index in [0.29, 0.717) is 25.0 Å². The Morgan fingerprint density at radius 3 is 1.66 bits per heavy atom. The van der Waals surface area contributed by atoms with Gasteiger partial charge in [0, 0.05) is 56.0 Å². The third-order valence-corrected chi connectivity index (χ3v) is 5.95. The standard InChI is InChI=1S/C29H39N3O6.H2/c1-6-26(33)24-9-7-21(15-30-24)22-8-10-25(31-16-22)29(36)32-23(17-37-13-11-27(34)19(2)3)18-38-14-12-28(35)20(4)5;/h7-10,15-16,19-20,23H,6,11-14,17-18H2,1-5H3,(H,32,36);1H. The summed E-state index contributed by atoms with van der Waals surface area (Å²) in [5.74, 6) is -0.315. The summed E-state index contributed by atoms with van der Waals surface area (Å²) < 4.78 is 11.3. The number of ketones is 3. The quantitative estimate of drug-likeness (QED) is 0.238. The van der Waals surface area contributed by atoms with E-state index >= 15 is 0 Å². The van der Waals surface area contributed by atoms with Gasteiger partial charge in [-0.25, -0.2) is 0 Å². The molecular formula is C29H41N3O6. The molecule has 2 aromatic rings. The number of carbonyl (C=O) groups excluding carboxylic acids is 4. The van der Waals surface area contributed by atoms with Crippen LogP contribution in [0.25, 0.3) is 11.1 Å². The van der Waals surface area contributed by atoms with Gasteiger partial charge in [-0.15, -0.1) is 0 Å². The van der Waals surface area contributed by atoms with E-state index in [1.54, 1.807) is 43.6 Å². The average molecular weight is 528 g/mol. The number of nitrogens with one attached hydrogen (secondary N) is 1. The van der Waals surface area contributed by atoms with Crippen LogP contribution in [0.3, 0.4) is 0 Å². The van der Waals surface area contributed by atoms with E-state index in [4.69, 9.17) is 9.47 Å². The van der Waals surface area contributed by atoms with Gasteiger partial charge in [0.05, 0.1) is 32.5 Å². The van der Waals surface area contributed by atoms with Crippen LogP contribution in [0.1, 0.15) is 76.3 Å². The summed E-state index contributed by atoms with van der Waals surface area (Å²) in [6, 6.07) is 6.36. The molecule has 0 radical (unpaired) electrons. The van der Waals surface area contributed by atoms with E-state index in [0.717, 1.165) is 11.1 Å². The molecular weight excluding hydrogens is 486 g/mol. The zero-order valence-corrected chi connectivity index (χ0v) is 23.0. The number of hydrogen-bond acceptors (Lipinski definition) is 8. The zero-order valence-electron chi connectivity index (χ0n) is 23.0. The van der Waals surface area contributed by atoms with Crippen molar-refractivity contribution in [2.24, 2.45) is 11.8 Å². The number of pyridine rings is 2. The minimum atomic E-state index is -0.486. The molecule has 2 aromatic heterocycles. The van der Waals surface area contributed by atoms with Crippen molar-refractivity contribution >= 4 is 23.3 Å². The Morgan fingerprint density at radius 1 is 0.789 bits per heavy atom. The maximum Gasteiger partial charge on any atom is 0.270 e. The lowest BCUT2D eigenvalue weighted by Gasteiger charge is -2.19. The van der Waals surface area contributed by atoms with Crippen LogP contribution < -0.4 is 5.32 Å². The van der Waals surface area contributed by atoms with E-state index in [1.165, 1.54) is 0 Å². The highest BCUT2D eigenvalue weighted by atomic mass is 16.5. The van der Waals surface area contributed by atoms with E-state index in [1.807, 2.05) is 27.7 Å². The molecule has 38 heavy (non-hydrogen) atoms. The van der Waals surface area contributed by atoms with Gasteiger partial charge >= 0.3 is 0 Å². The maximum atomic E-state index is 12.9. The summed E-state index contributed by atoms with van der Waals surface area (Å²) >= 11 is 0. The molecule has 0 unspecified atom stereocenters. The predicted molar refractivity (Wildman–Crippen MR) is 146 cm³/mol. The first kappa shape index (κ1) is 30.9. The van der Waals surface area contributed by atoms with Crippen LogP contribution >= 0.6 is 0 Å². The van der Waals surface area contributed by atoms with Crippen molar-refractivity contribution in [3.8, 4) is 11.1 Å². The Morgan fingerprint density at radius 2 is 1.26 bits per heavy atom. The minimum Gasteiger partial charge on any atom is -0.379 e. The van der Waals surface area contributed by atoms with Gasteiger partial charge in [0.15, 0.2) is 5.78 Å². The molecule has 0 spiro atoms. The van der Waals surface area contributed by atoms with E-state index < -0.39 is 11.9 Å². The molecule has 0 atom stereocenters. The fourth-order valence-corrected chi connectivity index (χ4v) is 3.37. The molecule has 1 N–H and O–H groups in total. The van der Waals surface area contributed by atoms with Gasteiger partial charge in [-0.1, -0.05) is 46.8 Å². The van der Waals surface area contributed by atoms with Gasteiger partial charge in [0.1, 0.15) is 23.0 Å². The lowest BCUT2D eigenvalue weighted by atomic mass is 10.1. The van der Waals surface area contributed by atoms with Gasteiger partial charge in [0.25, 0.3) is 5.91 Å². The predicted octanol–water partition coefficient (Wildman–Crippen LogP) is 4.34. The second-order valence-corrected chi connectivity index (χ2v) is 9.70. The number of rotatable bonds is 17. The Bertz CT molecular complexity index is 1040. The van der Waals surface area contributed by atoms with Crippen LogP contribution in [-0.2, 0) is 19.1 Å². The second kappa shape index (κ2) is 15.8. The van der Waals surface area contributed by atoms with Crippen molar-refractivity contribution in [1.82, 2.24) is 15.3 Å². The largest absolute Gasteiger partial charge is 0.379 e. The number of amides is 1. The number of nitrogens with zero attached hydrogens (tertiary/aromatic N) is 2. The van der Waals surface area contributed by atoms with E-state index in [-0.39, 0.29) is 62.7 Å². The van der Waals surface area contributed by atoms with Crippen molar-refractivity contribution < 1.29 is 30.1 Å². The number of aromatic nitrogens is 2. The SMILES string of the molecule is CCC(=O)c1ccc(-c2ccc(C(=O)NC(COCCC(=O)C(C)C)COCCC(=O)C(C)C)nc2)cn1.[HH]. The molecule has 0 aliphatic carbocycles. The second-order valence-electron chi connectivity index (χ2n) is 9.70. The first-order valence-corrected chi connectivity index (χ1v) is 13.1. The lowest BCUT2D eigenvalue weighted by molar-refractivity contribution is -0.123. The summed E-state index contributed by atoms with van der Waals surface area (Å²) in [4.78, 5) is 56.8. The molecule has 0 saturated heterocycles. The van der Waals surface area contributed by atoms with Crippen molar-refractivity contribution in [1.29, 1.82) is 0 Å². The van der Waals surface area contributed by atoms with Gasteiger partial charge in [-0.2, -0.15) is 0 Å². The molecule has 208 valence electrons. The van der Waals surface area contributed by atoms with Crippen LogP contribution in [0.15, 0.2) is 36.7 Å². The minimum absolute atomic E-state index is 0. The normalized spacial score (nSPS) is 11.3. The fraction of sp³-hybridized carbons (Fsp3) is 0.517. The number of ether oxygens (including phenoxy) is 2. The van der Waals surface area contributed by atoms with Crippen molar-refractivity contribution in [2.45, 2.75) is 59.9 Å². The average Bonchev–Trinajstić information content (AvgIpc) is 2.92. The first-order valence-electron chi connectivity index (χ1n) is 13.1. The number of carbonyl (C=O) groups is 4. The Hall–Kier alpha value is -3.30. The smallest absolute Gasteiger partial charge is 0.270 e. The summed E-state index contributed by atoms with van der Waals surface area (Å²) in [6.07, 6.45) is 4.17. The lowest BCUT2D eigenvalue weighted by Crippen LogP contribution is -2.42. The van der Waals surface area contributed by atoms with Crippen molar-refractivity contribution in [2.75, 3.05) is 26.4 Å². The summed E-state index contributed by atoms with van der Waals surface area (Å²) in [7, 11) is 0. The molecule has 0 bridgehead atoms. The third kappa shape index (κ3) is 10.2. The zero-order chi connectivity index (χ0) is 28.1. The Balaban J connectivity index is 0.00000760. The highest BCUT2D eigenvalue weighted by molar-refractivity contribution is 5.94.